The molecule has 6 nitrogen and oxygen atoms in total. The number of carbonyl (C=O) groups excluding carboxylic acids is 1. The van der Waals surface area contributed by atoms with Gasteiger partial charge in [-0.05, 0) is 72.6 Å². The fourth-order valence-electron chi connectivity index (χ4n) is 5.39. The zero-order valence-corrected chi connectivity index (χ0v) is 22.5. The predicted molar refractivity (Wildman–Crippen MR) is 153 cm³/mol. The first-order chi connectivity index (χ1) is 18.1. The number of piperidine rings is 1. The Labute approximate surface area is 224 Å². The third-order valence-corrected chi connectivity index (χ3v) is 8.39. The van der Waals surface area contributed by atoms with Crippen molar-refractivity contribution in [1.29, 1.82) is 0 Å². The molecule has 1 amide bonds. The van der Waals surface area contributed by atoms with Crippen LogP contribution in [-0.2, 0) is 9.53 Å². The van der Waals surface area contributed by atoms with E-state index >= 15 is 0 Å². The number of rotatable bonds is 8. The van der Waals surface area contributed by atoms with E-state index < -0.39 is 0 Å². The van der Waals surface area contributed by atoms with Gasteiger partial charge >= 0.3 is 0 Å². The molecule has 0 unspecified atom stereocenters. The molecular formula is C30H36N4O2S. The molecule has 2 aliphatic heterocycles. The lowest BCUT2D eigenvalue weighted by Crippen LogP contribution is -2.47. The van der Waals surface area contributed by atoms with Crippen molar-refractivity contribution in [2.24, 2.45) is 5.92 Å². The number of piperazine rings is 1. The first kappa shape index (κ1) is 25.5. The van der Waals surface area contributed by atoms with E-state index in [1.165, 1.54) is 16.5 Å². The maximum absolute atomic E-state index is 13.3. The molecule has 1 aromatic heterocycles. The van der Waals surface area contributed by atoms with E-state index in [4.69, 9.17) is 9.11 Å². The molecule has 2 fully saturated rings. The normalized spacial score (nSPS) is 19.3. The maximum atomic E-state index is 13.3. The van der Waals surface area contributed by atoms with Gasteiger partial charge in [-0.1, -0.05) is 49.0 Å². The number of carbonyl (C=O) groups is 1. The van der Waals surface area contributed by atoms with E-state index in [0.29, 0.717) is 11.7 Å². The molecule has 1 atom stereocenters. The van der Waals surface area contributed by atoms with E-state index in [1.807, 2.05) is 35.2 Å². The van der Waals surface area contributed by atoms with Crippen LogP contribution in [0.15, 0.2) is 73.0 Å². The number of aromatic nitrogens is 1. The number of benzene rings is 2. The van der Waals surface area contributed by atoms with Crippen LogP contribution in [0.3, 0.4) is 0 Å². The summed E-state index contributed by atoms with van der Waals surface area (Å²) in [6.45, 7) is 10.9. The number of likely N-dealkylation sites (tertiary alicyclic amines) is 1. The first-order valence-electron chi connectivity index (χ1n) is 13.2. The molecule has 0 radical (unpaired) electrons. The van der Waals surface area contributed by atoms with Crippen LogP contribution in [0.2, 0.25) is 0 Å². The fourth-order valence-corrected chi connectivity index (χ4v) is 6.19. The highest BCUT2D eigenvalue weighted by Gasteiger charge is 2.27. The number of methoxy groups -OCH3 is 1. The SMILES string of the molecule is C=C(/C=C(\OC)C(=O)N1CCC[C@@H](CCN2CCN(c3nsc4ccccc34)CC2)C1)c1ccccc1. The number of fused-ring (bicyclic) bond motifs is 1. The maximum Gasteiger partial charge on any atom is 0.288 e. The molecule has 2 aromatic carbocycles. The van der Waals surface area contributed by atoms with E-state index in [2.05, 4.69) is 40.6 Å². The summed E-state index contributed by atoms with van der Waals surface area (Å²) in [5.74, 6) is 1.99. The number of allylic oxidation sites excluding steroid dienone is 2. The molecule has 0 N–H and O–H groups in total. The fraction of sp³-hybridized carbons (Fsp3) is 0.400. The Morgan fingerprint density at radius 1 is 1.08 bits per heavy atom. The summed E-state index contributed by atoms with van der Waals surface area (Å²) in [4.78, 5) is 20.2. The zero-order chi connectivity index (χ0) is 25.6. The number of ether oxygens (including phenoxy) is 1. The van der Waals surface area contributed by atoms with Gasteiger partial charge in [0.25, 0.3) is 5.91 Å². The lowest BCUT2D eigenvalue weighted by molar-refractivity contribution is -0.132. The van der Waals surface area contributed by atoms with Crippen LogP contribution < -0.4 is 4.90 Å². The molecule has 37 heavy (non-hydrogen) atoms. The number of hydrogen-bond acceptors (Lipinski definition) is 6. The summed E-state index contributed by atoms with van der Waals surface area (Å²) in [6.07, 6.45) is 5.10. The summed E-state index contributed by atoms with van der Waals surface area (Å²) in [7, 11) is 1.57. The third kappa shape index (κ3) is 6.05. The van der Waals surface area contributed by atoms with Crippen LogP contribution in [0.1, 0.15) is 24.8 Å². The van der Waals surface area contributed by atoms with Gasteiger partial charge in [0.2, 0.25) is 0 Å². The summed E-state index contributed by atoms with van der Waals surface area (Å²) in [6, 6.07) is 18.4. The van der Waals surface area contributed by atoms with Crippen molar-refractivity contribution < 1.29 is 9.53 Å². The molecule has 2 aliphatic rings. The van der Waals surface area contributed by atoms with Gasteiger partial charge in [-0.3, -0.25) is 9.69 Å². The molecule has 7 heteroatoms. The number of nitrogens with zero attached hydrogens (tertiary/aromatic N) is 4. The topological polar surface area (TPSA) is 48.9 Å². The largest absolute Gasteiger partial charge is 0.491 e. The van der Waals surface area contributed by atoms with E-state index in [9.17, 15) is 4.79 Å². The molecule has 0 saturated carbocycles. The molecule has 0 aliphatic carbocycles. The minimum absolute atomic E-state index is 0.0339. The van der Waals surface area contributed by atoms with Crippen molar-refractivity contribution in [3.05, 3.63) is 78.6 Å². The van der Waals surface area contributed by atoms with Crippen LogP contribution in [0, 0.1) is 5.92 Å². The van der Waals surface area contributed by atoms with Crippen LogP contribution in [0.5, 0.6) is 0 Å². The highest BCUT2D eigenvalue weighted by molar-refractivity contribution is 7.13. The van der Waals surface area contributed by atoms with Crippen molar-refractivity contribution in [3.8, 4) is 0 Å². The van der Waals surface area contributed by atoms with Gasteiger partial charge in [0.1, 0.15) is 5.82 Å². The van der Waals surface area contributed by atoms with Crippen LogP contribution in [0.25, 0.3) is 15.7 Å². The number of amides is 1. The molecule has 0 spiro atoms. The molecule has 5 rings (SSSR count). The van der Waals surface area contributed by atoms with Crippen molar-refractivity contribution in [2.75, 3.05) is 57.8 Å². The second-order valence-electron chi connectivity index (χ2n) is 9.98. The number of hydrogen-bond donors (Lipinski definition) is 0. The third-order valence-electron chi connectivity index (χ3n) is 7.57. The van der Waals surface area contributed by atoms with Gasteiger partial charge < -0.3 is 14.5 Å². The van der Waals surface area contributed by atoms with Crippen LogP contribution in [0.4, 0.5) is 5.82 Å². The molecule has 3 aromatic rings. The quantitative estimate of drug-likeness (QED) is 0.231. The van der Waals surface area contributed by atoms with E-state index in [1.54, 1.807) is 24.7 Å². The Morgan fingerprint density at radius 3 is 2.62 bits per heavy atom. The predicted octanol–water partition coefficient (Wildman–Crippen LogP) is 5.29. The minimum atomic E-state index is -0.0339. The van der Waals surface area contributed by atoms with Crippen LogP contribution >= 0.6 is 11.5 Å². The Bertz CT molecular complexity index is 1250. The lowest BCUT2D eigenvalue weighted by atomic mass is 9.94. The molecule has 0 bridgehead atoms. The highest BCUT2D eigenvalue weighted by atomic mass is 32.1. The monoisotopic (exact) mass is 516 g/mol. The highest BCUT2D eigenvalue weighted by Crippen LogP contribution is 2.30. The summed E-state index contributed by atoms with van der Waals surface area (Å²) >= 11 is 1.59. The van der Waals surface area contributed by atoms with Crippen molar-refractivity contribution in [1.82, 2.24) is 14.2 Å². The molecular weight excluding hydrogens is 480 g/mol. The summed E-state index contributed by atoms with van der Waals surface area (Å²) in [5, 5.41) is 1.27. The average molecular weight is 517 g/mol. The van der Waals surface area contributed by atoms with Gasteiger partial charge in [0.15, 0.2) is 5.76 Å². The summed E-state index contributed by atoms with van der Waals surface area (Å²) in [5.41, 5.74) is 1.77. The number of anilines is 1. The zero-order valence-electron chi connectivity index (χ0n) is 21.6. The Hall–Kier alpha value is -3.16. The summed E-state index contributed by atoms with van der Waals surface area (Å²) < 4.78 is 11.5. The Kier molecular flexibility index (Phi) is 8.21. The second-order valence-corrected chi connectivity index (χ2v) is 10.8. The van der Waals surface area contributed by atoms with Gasteiger partial charge in [-0.2, -0.15) is 4.37 Å². The van der Waals surface area contributed by atoms with Crippen molar-refractivity contribution in [2.45, 2.75) is 19.3 Å². The van der Waals surface area contributed by atoms with Crippen molar-refractivity contribution in [3.63, 3.8) is 0 Å². The molecule has 3 heterocycles. The molecule has 2 saturated heterocycles. The van der Waals surface area contributed by atoms with Gasteiger partial charge in [-0.15, -0.1) is 0 Å². The lowest BCUT2D eigenvalue weighted by Gasteiger charge is -2.37. The van der Waals surface area contributed by atoms with Gasteiger partial charge in [-0.25, -0.2) is 0 Å². The second kappa shape index (κ2) is 11.9. The van der Waals surface area contributed by atoms with Gasteiger partial charge in [0, 0.05) is 44.7 Å². The van der Waals surface area contributed by atoms with E-state index in [0.717, 1.165) is 75.6 Å². The Morgan fingerprint density at radius 2 is 1.84 bits per heavy atom. The standard InChI is InChI=1S/C30H36N4O2S/c1-23(25-10-4-3-5-11-25)21-27(36-2)30(35)34-15-8-9-24(22-34)14-16-32-17-19-33(20-18-32)29-26-12-6-7-13-28(26)37-31-29/h3-7,10-13,21,24H,1,8-9,14-20,22H2,2H3/b27-21-/t24-/m0/s1. The Balaban J connectivity index is 1.11. The smallest absolute Gasteiger partial charge is 0.288 e. The average Bonchev–Trinajstić information content (AvgIpc) is 3.39. The van der Waals surface area contributed by atoms with Crippen molar-refractivity contribution >= 4 is 38.9 Å². The van der Waals surface area contributed by atoms with E-state index in [-0.39, 0.29) is 5.91 Å². The molecule has 194 valence electrons. The first-order valence-corrected chi connectivity index (χ1v) is 14.0. The van der Waals surface area contributed by atoms with Crippen LogP contribution in [-0.4, -0.2) is 73.0 Å². The minimum Gasteiger partial charge on any atom is -0.491 e. The van der Waals surface area contributed by atoms with Gasteiger partial charge in [0.05, 0.1) is 11.8 Å².